The summed E-state index contributed by atoms with van der Waals surface area (Å²) in [5.74, 6) is 0.193. The Morgan fingerprint density at radius 2 is 1.72 bits per heavy atom. The Bertz CT molecular complexity index is 992. The third-order valence-corrected chi connectivity index (χ3v) is 5.87. The molecule has 0 radical (unpaired) electrons. The van der Waals surface area contributed by atoms with Crippen molar-refractivity contribution in [1.82, 2.24) is 10.2 Å². The molecular formula is C24H27ClN2O5. The molecule has 0 atom stereocenters. The molecule has 0 spiro atoms. The largest absolute Gasteiger partial charge is 0.484 e. The van der Waals surface area contributed by atoms with Gasteiger partial charge in [0.15, 0.2) is 6.61 Å². The molecule has 1 aliphatic rings. The molecule has 0 saturated carbocycles. The number of hydrogen-bond acceptors (Lipinski definition) is 5. The van der Waals surface area contributed by atoms with Gasteiger partial charge in [0.1, 0.15) is 11.5 Å². The second kappa shape index (κ2) is 10.5. The van der Waals surface area contributed by atoms with Crippen molar-refractivity contribution in [2.75, 3.05) is 19.7 Å². The number of carbonyl (C=O) groups is 3. The average molecular weight is 459 g/mol. The van der Waals surface area contributed by atoms with E-state index in [0.29, 0.717) is 48.0 Å². The quantitative estimate of drug-likeness (QED) is 0.527. The molecule has 2 aromatic carbocycles. The van der Waals surface area contributed by atoms with E-state index in [4.69, 9.17) is 21.1 Å². The van der Waals surface area contributed by atoms with Gasteiger partial charge >= 0.3 is 5.97 Å². The molecule has 1 aliphatic heterocycles. The maximum Gasteiger partial charge on any atom is 0.308 e. The van der Waals surface area contributed by atoms with Crippen LogP contribution in [0.5, 0.6) is 11.5 Å². The summed E-state index contributed by atoms with van der Waals surface area (Å²) in [6, 6.07) is 10.2. The molecule has 0 bridgehead atoms. The van der Waals surface area contributed by atoms with Crippen LogP contribution in [0.25, 0.3) is 0 Å². The van der Waals surface area contributed by atoms with Gasteiger partial charge in [0.05, 0.1) is 0 Å². The van der Waals surface area contributed by atoms with Crippen molar-refractivity contribution >= 4 is 29.4 Å². The summed E-state index contributed by atoms with van der Waals surface area (Å²) in [5.41, 5.74) is 2.27. The van der Waals surface area contributed by atoms with Gasteiger partial charge in [-0.05, 0) is 68.1 Å². The summed E-state index contributed by atoms with van der Waals surface area (Å²) >= 11 is 6.16. The van der Waals surface area contributed by atoms with Crippen LogP contribution in [-0.4, -0.2) is 48.4 Å². The first-order valence-electron chi connectivity index (χ1n) is 10.5. The smallest absolute Gasteiger partial charge is 0.308 e. The van der Waals surface area contributed by atoms with Crippen molar-refractivity contribution in [2.45, 2.75) is 39.7 Å². The van der Waals surface area contributed by atoms with E-state index in [-0.39, 0.29) is 24.5 Å². The number of nitrogens with one attached hydrogen (secondary N) is 1. The Balaban J connectivity index is 1.47. The third-order valence-electron chi connectivity index (χ3n) is 5.27. The summed E-state index contributed by atoms with van der Waals surface area (Å²) in [7, 11) is 0. The summed E-state index contributed by atoms with van der Waals surface area (Å²) in [6.45, 7) is 6.07. The van der Waals surface area contributed by atoms with E-state index in [2.05, 4.69) is 5.32 Å². The van der Waals surface area contributed by atoms with Crippen LogP contribution >= 0.6 is 11.6 Å². The lowest BCUT2D eigenvalue weighted by Crippen LogP contribution is -2.47. The van der Waals surface area contributed by atoms with E-state index in [1.807, 2.05) is 26.0 Å². The van der Waals surface area contributed by atoms with Crippen LogP contribution in [0.15, 0.2) is 36.4 Å². The summed E-state index contributed by atoms with van der Waals surface area (Å²) < 4.78 is 10.7. The van der Waals surface area contributed by atoms with Crippen LogP contribution in [-0.2, 0) is 9.59 Å². The third kappa shape index (κ3) is 6.23. The molecule has 3 rings (SSSR count). The Labute approximate surface area is 192 Å². The summed E-state index contributed by atoms with van der Waals surface area (Å²) in [4.78, 5) is 37.9. The normalized spacial score (nSPS) is 14.1. The number of benzene rings is 2. The van der Waals surface area contributed by atoms with E-state index in [0.717, 1.165) is 11.1 Å². The minimum absolute atomic E-state index is 0.0174. The van der Waals surface area contributed by atoms with Crippen LogP contribution in [0, 0.1) is 13.8 Å². The lowest BCUT2D eigenvalue weighted by molar-refractivity contribution is -0.132. The van der Waals surface area contributed by atoms with Gasteiger partial charge < -0.3 is 19.7 Å². The number of likely N-dealkylation sites (tertiary alicyclic amines) is 1. The first-order valence-corrected chi connectivity index (χ1v) is 10.9. The van der Waals surface area contributed by atoms with Gasteiger partial charge in [-0.25, -0.2) is 0 Å². The first kappa shape index (κ1) is 23.6. The van der Waals surface area contributed by atoms with Gasteiger partial charge in [0.25, 0.3) is 11.8 Å². The van der Waals surface area contributed by atoms with Crippen LogP contribution in [0.4, 0.5) is 0 Å². The number of rotatable bonds is 6. The number of hydrogen-bond donors (Lipinski definition) is 1. The average Bonchev–Trinajstić information content (AvgIpc) is 2.75. The molecule has 1 saturated heterocycles. The molecule has 0 aromatic heterocycles. The SMILES string of the molecule is CC(=O)Oc1cccc(C(=O)N2CCC(NC(=O)COc3cc(C)c(Cl)c(C)c3)CC2)c1. The number of aryl methyl sites for hydroxylation is 2. The molecule has 2 amide bonds. The zero-order valence-corrected chi connectivity index (χ0v) is 19.2. The number of carbonyl (C=O) groups excluding carboxylic acids is 3. The van der Waals surface area contributed by atoms with Gasteiger partial charge in [0, 0.05) is 36.6 Å². The highest BCUT2D eigenvalue weighted by molar-refractivity contribution is 6.32. The number of piperidine rings is 1. The molecule has 1 heterocycles. The lowest BCUT2D eigenvalue weighted by Gasteiger charge is -2.32. The van der Waals surface area contributed by atoms with Crippen LogP contribution in [0.2, 0.25) is 5.02 Å². The molecule has 0 aliphatic carbocycles. The van der Waals surface area contributed by atoms with Gasteiger partial charge in [-0.3, -0.25) is 14.4 Å². The minimum Gasteiger partial charge on any atom is -0.484 e. The standard InChI is InChI=1S/C24H27ClN2O5/c1-15-11-21(12-16(2)23(15)25)31-14-22(29)26-19-7-9-27(10-8-19)24(30)18-5-4-6-20(13-18)32-17(3)28/h4-6,11-13,19H,7-10,14H2,1-3H3,(H,26,29). The zero-order chi connectivity index (χ0) is 23.3. The summed E-state index contributed by atoms with van der Waals surface area (Å²) in [5, 5.41) is 3.67. The zero-order valence-electron chi connectivity index (χ0n) is 18.4. The Morgan fingerprint density at radius 1 is 1.06 bits per heavy atom. The van der Waals surface area contributed by atoms with Crippen LogP contribution < -0.4 is 14.8 Å². The van der Waals surface area contributed by atoms with Crippen molar-refractivity contribution in [3.8, 4) is 11.5 Å². The molecular weight excluding hydrogens is 432 g/mol. The second-order valence-corrected chi connectivity index (χ2v) is 8.29. The topological polar surface area (TPSA) is 84.9 Å². The fourth-order valence-electron chi connectivity index (χ4n) is 3.68. The van der Waals surface area contributed by atoms with E-state index >= 15 is 0 Å². The number of halogens is 1. The number of ether oxygens (including phenoxy) is 2. The lowest BCUT2D eigenvalue weighted by atomic mass is 10.0. The first-order chi connectivity index (χ1) is 15.2. The maximum absolute atomic E-state index is 12.8. The Morgan fingerprint density at radius 3 is 2.34 bits per heavy atom. The second-order valence-electron chi connectivity index (χ2n) is 7.92. The highest BCUT2D eigenvalue weighted by atomic mass is 35.5. The monoisotopic (exact) mass is 458 g/mol. The number of esters is 1. The van der Waals surface area contributed by atoms with Gasteiger partial charge in [0.2, 0.25) is 0 Å². The Kier molecular flexibility index (Phi) is 7.75. The van der Waals surface area contributed by atoms with Gasteiger partial charge in [-0.1, -0.05) is 17.7 Å². The van der Waals surface area contributed by atoms with Crippen LogP contribution in [0.1, 0.15) is 41.3 Å². The molecule has 170 valence electrons. The predicted octanol–water partition coefficient (Wildman–Crippen LogP) is 3.68. The molecule has 7 nitrogen and oxygen atoms in total. The van der Waals surface area contributed by atoms with Gasteiger partial charge in [-0.2, -0.15) is 0 Å². The molecule has 1 N–H and O–H groups in total. The predicted molar refractivity (Wildman–Crippen MR) is 121 cm³/mol. The van der Waals surface area contributed by atoms with Crippen molar-refractivity contribution in [3.05, 3.63) is 58.1 Å². The molecule has 0 unspecified atom stereocenters. The van der Waals surface area contributed by atoms with E-state index in [9.17, 15) is 14.4 Å². The maximum atomic E-state index is 12.8. The highest BCUT2D eigenvalue weighted by Gasteiger charge is 2.25. The molecule has 32 heavy (non-hydrogen) atoms. The fraction of sp³-hybridized carbons (Fsp3) is 0.375. The molecule has 1 fully saturated rings. The van der Waals surface area contributed by atoms with Gasteiger partial charge in [-0.15, -0.1) is 0 Å². The molecule has 2 aromatic rings. The van der Waals surface area contributed by atoms with Crippen molar-refractivity contribution < 1.29 is 23.9 Å². The van der Waals surface area contributed by atoms with Crippen LogP contribution in [0.3, 0.4) is 0 Å². The number of amides is 2. The van der Waals surface area contributed by atoms with E-state index < -0.39 is 5.97 Å². The minimum atomic E-state index is -0.434. The van der Waals surface area contributed by atoms with Crippen molar-refractivity contribution in [2.24, 2.45) is 0 Å². The highest BCUT2D eigenvalue weighted by Crippen LogP contribution is 2.26. The van der Waals surface area contributed by atoms with Crippen molar-refractivity contribution in [1.29, 1.82) is 0 Å². The van der Waals surface area contributed by atoms with Crippen molar-refractivity contribution in [3.63, 3.8) is 0 Å². The Hall–Kier alpha value is -3.06. The van der Waals surface area contributed by atoms with E-state index in [1.54, 1.807) is 29.2 Å². The van der Waals surface area contributed by atoms with E-state index in [1.165, 1.54) is 6.92 Å². The molecule has 8 heteroatoms. The summed E-state index contributed by atoms with van der Waals surface area (Å²) in [6.07, 6.45) is 1.31. The number of nitrogens with zero attached hydrogens (tertiary/aromatic N) is 1. The fourth-order valence-corrected chi connectivity index (χ4v) is 3.78.